The van der Waals surface area contributed by atoms with Gasteiger partial charge in [-0.1, -0.05) is 31.0 Å². The fourth-order valence-corrected chi connectivity index (χ4v) is 4.44. The van der Waals surface area contributed by atoms with Gasteiger partial charge in [-0.3, -0.25) is 4.79 Å². The lowest BCUT2D eigenvalue weighted by molar-refractivity contribution is -0.127. The Kier molecular flexibility index (Phi) is 4.95. The predicted molar refractivity (Wildman–Crippen MR) is 97.5 cm³/mol. The molecule has 6 nitrogen and oxygen atoms in total. The number of methoxy groups -OCH3 is 1. The Hall–Kier alpha value is -2.28. The van der Waals surface area contributed by atoms with Crippen LogP contribution < -0.4 is 5.32 Å². The van der Waals surface area contributed by atoms with Crippen molar-refractivity contribution >= 4 is 5.91 Å². The number of hydrogen-bond acceptors (Lipinski definition) is 4. The van der Waals surface area contributed by atoms with Gasteiger partial charge in [-0.25, -0.2) is 14.1 Å². The van der Waals surface area contributed by atoms with Crippen LogP contribution in [0.2, 0.25) is 0 Å². The van der Waals surface area contributed by atoms with Crippen LogP contribution in [-0.4, -0.2) is 33.8 Å². The SMILES string of the molecule is COCc1nc2n(n1)CC(NC(=O)C1(c3ccccc3F)CCCC1)CC2. The minimum atomic E-state index is -0.755. The number of rotatable bonds is 5. The fourth-order valence-electron chi connectivity index (χ4n) is 4.44. The zero-order valence-corrected chi connectivity index (χ0v) is 15.6. The van der Waals surface area contributed by atoms with Crippen LogP contribution in [0.3, 0.4) is 0 Å². The van der Waals surface area contributed by atoms with Gasteiger partial charge in [-0.15, -0.1) is 0 Å². The molecule has 7 heteroatoms. The first-order chi connectivity index (χ1) is 13.1. The van der Waals surface area contributed by atoms with Gasteiger partial charge >= 0.3 is 0 Å². The lowest BCUT2D eigenvalue weighted by Crippen LogP contribution is -2.49. The van der Waals surface area contributed by atoms with Crippen LogP contribution in [0.4, 0.5) is 4.39 Å². The van der Waals surface area contributed by atoms with Crippen LogP contribution in [0.5, 0.6) is 0 Å². The van der Waals surface area contributed by atoms with Crippen LogP contribution in [-0.2, 0) is 34.5 Å². The molecule has 1 aromatic heterocycles. The highest BCUT2D eigenvalue weighted by Crippen LogP contribution is 2.42. The summed E-state index contributed by atoms with van der Waals surface area (Å²) in [6.45, 7) is 0.971. The van der Waals surface area contributed by atoms with E-state index in [0.29, 0.717) is 37.4 Å². The van der Waals surface area contributed by atoms with E-state index in [1.165, 1.54) is 6.07 Å². The van der Waals surface area contributed by atoms with E-state index in [2.05, 4.69) is 15.4 Å². The van der Waals surface area contributed by atoms with Crippen LogP contribution >= 0.6 is 0 Å². The Bertz CT molecular complexity index is 829. The van der Waals surface area contributed by atoms with Gasteiger partial charge in [0.05, 0.1) is 12.0 Å². The lowest BCUT2D eigenvalue weighted by Gasteiger charge is -2.32. The highest BCUT2D eigenvalue weighted by Gasteiger charge is 2.45. The average Bonchev–Trinajstić information content (AvgIpc) is 3.29. The third-order valence-electron chi connectivity index (χ3n) is 5.79. The summed E-state index contributed by atoms with van der Waals surface area (Å²) in [5.41, 5.74) is -0.227. The van der Waals surface area contributed by atoms with Gasteiger partial charge < -0.3 is 10.1 Å². The second-order valence-electron chi connectivity index (χ2n) is 7.54. The molecule has 144 valence electrons. The molecule has 1 atom stereocenters. The van der Waals surface area contributed by atoms with E-state index < -0.39 is 5.41 Å². The largest absolute Gasteiger partial charge is 0.377 e. The summed E-state index contributed by atoms with van der Waals surface area (Å²) in [7, 11) is 1.62. The van der Waals surface area contributed by atoms with E-state index in [-0.39, 0.29) is 17.8 Å². The Morgan fingerprint density at radius 3 is 2.89 bits per heavy atom. The van der Waals surface area contributed by atoms with Crippen molar-refractivity contribution in [2.45, 2.75) is 63.1 Å². The maximum Gasteiger partial charge on any atom is 0.231 e. The van der Waals surface area contributed by atoms with E-state index in [1.807, 2.05) is 10.7 Å². The number of nitrogens with zero attached hydrogens (tertiary/aromatic N) is 3. The maximum atomic E-state index is 14.5. The normalized spacial score (nSPS) is 21.0. The molecule has 27 heavy (non-hydrogen) atoms. The molecular weight excluding hydrogens is 347 g/mol. The smallest absolute Gasteiger partial charge is 0.231 e. The molecule has 1 aliphatic carbocycles. The number of aromatic nitrogens is 3. The predicted octanol–water partition coefficient (Wildman–Crippen LogP) is 2.51. The molecule has 0 spiro atoms. The average molecular weight is 372 g/mol. The van der Waals surface area contributed by atoms with Crippen molar-refractivity contribution in [2.75, 3.05) is 7.11 Å². The summed E-state index contributed by atoms with van der Waals surface area (Å²) < 4.78 is 21.4. The molecule has 1 N–H and O–H groups in total. The number of halogens is 1. The molecule has 1 aliphatic heterocycles. The molecule has 1 saturated carbocycles. The summed E-state index contributed by atoms with van der Waals surface area (Å²) in [6, 6.07) is 6.66. The summed E-state index contributed by atoms with van der Waals surface area (Å²) in [5, 5.41) is 7.64. The molecule has 1 unspecified atom stereocenters. The van der Waals surface area contributed by atoms with E-state index in [1.54, 1.807) is 19.2 Å². The van der Waals surface area contributed by atoms with Crippen molar-refractivity contribution < 1.29 is 13.9 Å². The number of benzene rings is 1. The number of hydrogen-bond donors (Lipinski definition) is 1. The highest BCUT2D eigenvalue weighted by molar-refractivity contribution is 5.89. The quantitative estimate of drug-likeness (QED) is 0.876. The lowest BCUT2D eigenvalue weighted by atomic mass is 9.77. The minimum absolute atomic E-state index is 0.0219. The van der Waals surface area contributed by atoms with Crippen LogP contribution in [0, 0.1) is 5.82 Å². The third kappa shape index (κ3) is 3.36. The number of carbonyl (C=O) groups is 1. The number of amides is 1. The van der Waals surface area contributed by atoms with Gasteiger partial charge in [0.25, 0.3) is 0 Å². The molecule has 1 amide bonds. The Labute approximate surface area is 158 Å². The maximum absolute atomic E-state index is 14.5. The number of nitrogens with one attached hydrogen (secondary N) is 1. The van der Waals surface area contributed by atoms with Gasteiger partial charge in [0, 0.05) is 25.1 Å². The number of carbonyl (C=O) groups excluding carboxylic acids is 1. The molecule has 0 saturated heterocycles. The first kappa shape index (κ1) is 18.1. The van der Waals surface area contributed by atoms with Gasteiger partial charge in [-0.2, -0.15) is 5.10 Å². The minimum Gasteiger partial charge on any atom is -0.377 e. The molecule has 2 heterocycles. The van der Waals surface area contributed by atoms with Crippen molar-refractivity contribution in [1.29, 1.82) is 0 Å². The van der Waals surface area contributed by atoms with Gasteiger partial charge in [0.2, 0.25) is 5.91 Å². The zero-order chi connectivity index (χ0) is 18.9. The van der Waals surface area contributed by atoms with Crippen molar-refractivity contribution in [3.05, 3.63) is 47.3 Å². The topological polar surface area (TPSA) is 69.0 Å². The van der Waals surface area contributed by atoms with Crippen molar-refractivity contribution in [3.63, 3.8) is 0 Å². The standard InChI is InChI=1S/C20H25FN4O2/c1-27-13-17-23-18-9-8-14(12-25(18)24-17)22-19(26)20(10-4-5-11-20)15-6-2-3-7-16(15)21/h2-3,6-7,14H,4-5,8-13H2,1H3,(H,22,26). The monoisotopic (exact) mass is 372 g/mol. The van der Waals surface area contributed by atoms with E-state index in [9.17, 15) is 9.18 Å². The first-order valence-corrected chi connectivity index (χ1v) is 9.60. The highest BCUT2D eigenvalue weighted by atomic mass is 19.1. The summed E-state index contributed by atoms with van der Waals surface area (Å²) >= 11 is 0. The van der Waals surface area contributed by atoms with Crippen LogP contribution in [0.15, 0.2) is 24.3 Å². The first-order valence-electron chi connectivity index (χ1n) is 9.60. The molecule has 2 aromatic rings. The number of fused-ring (bicyclic) bond motifs is 1. The summed E-state index contributed by atoms with van der Waals surface area (Å²) in [4.78, 5) is 17.7. The van der Waals surface area contributed by atoms with Gasteiger partial charge in [0.15, 0.2) is 5.82 Å². The van der Waals surface area contributed by atoms with E-state index in [4.69, 9.17) is 4.74 Å². The van der Waals surface area contributed by atoms with Crippen LogP contribution in [0.1, 0.15) is 49.3 Å². The van der Waals surface area contributed by atoms with Crippen molar-refractivity contribution in [3.8, 4) is 0 Å². The summed E-state index contributed by atoms with van der Waals surface area (Å²) in [6.07, 6.45) is 4.84. The van der Waals surface area contributed by atoms with Gasteiger partial charge in [0.1, 0.15) is 18.2 Å². The molecule has 2 aliphatic rings. The molecule has 1 fully saturated rings. The fraction of sp³-hybridized carbons (Fsp3) is 0.550. The van der Waals surface area contributed by atoms with E-state index in [0.717, 1.165) is 31.5 Å². The molecular formula is C20H25FN4O2. The second kappa shape index (κ2) is 7.38. The van der Waals surface area contributed by atoms with Crippen molar-refractivity contribution in [1.82, 2.24) is 20.1 Å². The number of aryl methyl sites for hydroxylation is 1. The molecule has 0 radical (unpaired) electrons. The van der Waals surface area contributed by atoms with E-state index >= 15 is 0 Å². The Morgan fingerprint density at radius 1 is 1.37 bits per heavy atom. The number of ether oxygens (including phenoxy) is 1. The molecule has 0 bridgehead atoms. The van der Waals surface area contributed by atoms with Crippen molar-refractivity contribution in [2.24, 2.45) is 0 Å². The molecule has 1 aromatic carbocycles. The van der Waals surface area contributed by atoms with Gasteiger partial charge in [-0.05, 0) is 25.3 Å². The Balaban J connectivity index is 1.51. The van der Waals surface area contributed by atoms with Crippen LogP contribution in [0.25, 0.3) is 0 Å². The summed E-state index contributed by atoms with van der Waals surface area (Å²) in [5.74, 6) is 1.24. The second-order valence-corrected chi connectivity index (χ2v) is 7.54. The third-order valence-corrected chi connectivity index (χ3v) is 5.79. The zero-order valence-electron chi connectivity index (χ0n) is 15.6. The molecule has 4 rings (SSSR count). The Morgan fingerprint density at radius 2 is 2.15 bits per heavy atom.